The van der Waals surface area contributed by atoms with Crippen LogP contribution in [0.15, 0.2) is 6.33 Å². The van der Waals surface area contributed by atoms with Crippen LogP contribution in [0.5, 0.6) is 0 Å². The van der Waals surface area contributed by atoms with Gasteiger partial charge >= 0.3 is 6.18 Å². The summed E-state index contributed by atoms with van der Waals surface area (Å²) in [7, 11) is 0. The summed E-state index contributed by atoms with van der Waals surface area (Å²) in [6.07, 6.45) is -2.77. The molecule has 0 aliphatic heterocycles. The summed E-state index contributed by atoms with van der Waals surface area (Å²) in [5.41, 5.74) is 0. The maximum Gasteiger partial charge on any atom is 0.389 e. The van der Waals surface area contributed by atoms with E-state index in [1.54, 1.807) is 4.57 Å². The summed E-state index contributed by atoms with van der Waals surface area (Å²) in [6, 6.07) is 0. The summed E-state index contributed by atoms with van der Waals surface area (Å²) in [6.45, 7) is 0.477. The molecule has 0 amide bonds. The third kappa shape index (κ3) is 4.51. The summed E-state index contributed by atoms with van der Waals surface area (Å²) in [5, 5.41) is 7.35. The van der Waals surface area contributed by atoms with E-state index < -0.39 is 12.6 Å². The molecule has 0 spiro atoms. The van der Waals surface area contributed by atoms with Gasteiger partial charge in [-0.05, 0) is 12.8 Å². The highest BCUT2D eigenvalue weighted by atomic mass is 35.5. The number of hydrogen-bond acceptors (Lipinski definition) is 2. The van der Waals surface area contributed by atoms with Crippen molar-refractivity contribution in [1.29, 1.82) is 0 Å². The van der Waals surface area contributed by atoms with Crippen LogP contribution in [0.4, 0.5) is 13.2 Å². The zero-order valence-corrected chi connectivity index (χ0v) is 8.72. The van der Waals surface area contributed by atoms with E-state index in [1.165, 1.54) is 6.33 Å². The fourth-order valence-electron chi connectivity index (χ4n) is 1.18. The van der Waals surface area contributed by atoms with Gasteiger partial charge < -0.3 is 4.57 Å². The molecule has 86 valence electrons. The summed E-state index contributed by atoms with van der Waals surface area (Å²) < 4.78 is 37.1. The Bertz CT molecular complexity index is 298. The lowest BCUT2D eigenvalue weighted by molar-refractivity contribution is -0.135. The van der Waals surface area contributed by atoms with Gasteiger partial charge in [-0.25, -0.2) is 0 Å². The van der Waals surface area contributed by atoms with Gasteiger partial charge in [0.2, 0.25) is 0 Å². The fraction of sp³-hybridized carbons (Fsp3) is 0.750. The molecule has 3 nitrogen and oxygen atoms in total. The second-order valence-electron chi connectivity index (χ2n) is 3.15. The van der Waals surface area contributed by atoms with Crippen molar-refractivity contribution in [2.75, 3.05) is 0 Å². The van der Waals surface area contributed by atoms with Crippen LogP contribution in [0.1, 0.15) is 25.1 Å². The molecule has 0 aromatic carbocycles. The largest absolute Gasteiger partial charge is 0.389 e. The molecule has 0 radical (unpaired) electrons. The molecule has 15 heavy (non-hydrogen) atoms. The van der Waals surface area contributed by atoms with E-state index in [1.807, 2.05) is 0 Å². The molecule has 1 rings (SSSR count). The van der Waals surface area contributed by atoms with Crippen molar-refractivity contribution in [1.82, 2.24) is 14.8 Å². The van der Waals surface area contributed by atoms with E-state index in [4.69, 9.17) is 11.6 Å². The third-order valence-corrected chi connectivity index (χ3v) is 2.16. The van der Waals surface area contributed by atoms with Crippen LogP contribution in [0.2, 0.25) is 0 Å². The maximum absolute atomic E-state index is 11.8. The van der Waals surface area contributed by atoms with Gasteiger partial charge in [0.15, 0.2) is 0 Å². The molecule has 0 aliphatic rings. The molecule has 0 aliphatic carbocycles. The third-order valence-electron chi connectivity index (χ3n) is 1.92. The molecule has 0 atom stereocenters. The van der Waals surface area contributed by atoms with Crippen molar-refractivity contribution in [2.45, 2.75) is 37.9 Å². The number of alkyl halides is 4. The Hall–Kier alpha value is -0.780. The van der Waals surface area contributed by atoms with E-state index in [0.29, 0.717) is 18.8 Å². The van der Waals surface area contributed by atoms with Gasteiger partial charge in [0, 0.05) is 13.0 Å². The Morgan fingerprint density at radius 2 is 2.07 bits per heavy atom. The van der Waals surface area contributed by atoms with Gasteiger partial charge in [-0.3, -0.25) is 0 Å². The molecule has 0 N–H and O–H groups in total. The van der Waals surface area contributed by atoms with E-state index in [9.17, 15) is 13.2 Å². The number of rotatable bonds is 5. The molecule has 0 fully saturated rings. The predicted octanol–water partition coefficient (Wildman–Crippen LogP) is 2.75. The van der Waals surface area contributed by atoms with Crippen LogP contribution >= 0.6 is 11.6 Å². The van der Waals surface area contributed by atoms with Crippen LogP contribution in [0.25, 0.3) is 0 Å². The Labute approximate surface area is 90.2 Å². The Morgan fingerprint density at radius 3 is 2.67 bits per heavy atom. The molecular formula is C8H11ClF3N3. The molecule has 0 unspecified atom stereocenters. The predicted molar refractivity (Wildman–Crippen MR) is 49.5 cm³/mol. The quantitative estimate of drug-likeness (QED) is 0.586. The average Bonchev–Trinajstić information content (AvgIpc) is 2.58. The zero-order valence-electron chi connectivity index (χ0n) is 7.97. The van der Waals surface area contributed by atoms with E-state index in [2.05, 4.69) is 10.2 Å². The van der Waals surface area contributed by atoms with Crippen molar-refractivity contribution in [3.63, 3.8) is 0 Å². The monoisotopic (exact) mass is 241 g/mol. The van der Waals surface area contributed by atoms with Crippen molar-refractivity contribution in [2.24, 2.45) is 0 Å². The molecule has 1 aromatic heterocycles. The minimum atomic E-state index is -4.07. The topological polar surface area (TPSA) is 30.7 Å². The highest BCUT2D eigenvalue weighted by Crippen LogP contribution is 2.22. The summed E-state index contributed by atoms with van der Waals surface area (Å²) >= 11 is 5.56. The van der Waals surface area contributed by atoms with Gasteiger partial charge in [-0.2, -0.15) is 13.2 Å². The zero-order chi connectivity index (χ0) is 11.3. The number of halogens is 4. The first-order valence-corrected chi connectivity index (χ1v) is 5.06. The lowest BCUT2D eigenvalue weighted by Crippen LogP contribution is -2.08. The normalized spacial score (nSPS) is 12.0. The van der Waals surface area contributed by atoms with Crippen LogP contribution < -0.4 is 0 Å². The van der Waals surface area contributed by atoms with Gasteiger partial charge in [-0.15, -0.1) is 21.8 Å². The molecule has 7 heteroatoms. The van der Waals surface area contributed by atoms with Crippen molar-refractivity contribution >= 4 is 11.6 Å². The highest BCUT2D eigenvalue weighted by molar-refractivity contribution is 6.16. The van der Waals surface area contributed by atoms with Gasteiger partial charge in [0.1, 0.15) is 12.2 Å². The molecular weight excluding hydrogens is 231 g/mol. The standard InChI is InChI=1S/C8H11ClF3N3/c9-5-7-14-13-6-15(7)4-2-1-3-8(10,11)12/h6H,1-5H2. The molecule has 0 bridgehead atoms. The number of nitrogens with zero attached hydrogens (tertiary/aromatic N) is 3. The van der Waals surface area contributed by atoms with E-state index in [-0.39, 0.29) is 12.3 Å². The minimum absolute atomic E-state index is 0.114. The molecule has 0 saturated carbocycles. The van der Waals surface area contributed by atoms with Crippen LogP contribution in [-0.4, -0.2) is 20.9 Å². The molecule has 1 heterocycles. The van der Waals surface area contributed by atoms with Gasteiger partial charge in [-0.1, -0.05) is 0 Å². The Kier molecular flexibility index (Phi) is 4.38. The number of aromatic nitrogens is 3. The van der Waals surface area contributed by atoms with Crippen LogP contribution in [0.3, 0.4) is 0 Å². The maximum atomic E-state index is 11.8. The first-order chi connectivity index (χ1) is 7.03. The van der Waals surface area contributed by atoms with Crippen LogP contribution in [-0.2, 0) is 12.4 Å². The van der Waals surface area contributed by atoms with Crippen molar-refractivity contribution in [3.8, 4) is 0 Å². The van der Waals surface area contributed by atoms with Crippen molar-refractivity contribution in [3.05, 3.63) is 12.2 Å². The fourth-order valence-corrected chi connectivity index (χ4v) is 1.38. The van der Waals surface area contributed by atoms with Crippen LogP contribution in [0, 0.1) is 0 Å². The van der Waals surface area contributed by atoms with Crippen molar-refractivity contribution < 1.29 is 13.2 Å². The second kappa shape index (κ2) is 5.34. The average molecular weight is 242 g/mol. The molecule has 1 aromatic rings. The Morgan fingerprint density at radius 1 is 1.33 bits per heavy atom. The summed E-state index contributed by atoms with van der Waals surface area (Å²) in [5.74, 6) is 0.808. The lowest BCUT2D eigenvalue weighted by atomic mass is 10.2. The SMILES string of the molecule is FC(F)(F)CCCCn1cnnc1CCl. The minimum Gasteiger partial charge on any atom is -0.317 e. The number of unbranched alkanes of at least 4 members (excludes halogenated alkanes) is 1. The number of hydrogen-bond donors (Lipinski definition) is 0. The van der Waals surface area contributed by atoms with E-state index >= 15 is 0 Å². The lowest BCUT2D eigenvalue weighted by Gasteiger charge is -2.06. The number of aryl methyl sites for hydroxylation is 1. The first-order valence-electron chi connectivity index (χ1n) is 4.52. The van der Waals surface area contributed by atoms with E-state index in [0.717, 1.165) is 0 Å². The van der Waals surface area contributed by atoms with Gasteiger partial charge in [0.25, 0.3) is 0 Å². The second-order valence-corrected chi connectivity index (χ2v) is 3.41. The first kappa shape index (κ1) is 12.3. The Balaban J connectivity index is 2.26. The summed E-state index contributed by atoms with van der Waals surface area (Å²) in [4.78, 5) is 0. The van der Waals surface area contributed by atoms with Gasteiger partial charge in [0.05, 0.1) is 5.88 Å². The molecule has 0 saturated heterocycles. The smallest absolute Gasteiger partial charge is 0.317 e. The highest BCUT2D eigenvalue weighted by Gasteiger charge is 2.25.